The quantitative estimate of drug-likeness (QED) is 0.379. The van der Waals surface area contributed by atoms with E-state index in [1.54, 1.807) is 49.4 Å². The van der Waals surface area contributed by atoms with Gasteiger partial charge in [-0.1, -0.05) is 18.2 Å². The summed E-state index contributed by atoms with van der Waals surface area (Å²) in [5, 5.41) is 4.70. The summed E-state index contributed by atoms with van der Waals surface area (Å²) in [4.78, 5) is 17.1. The van der Waals surface area contributed by atoms with Crippen molar-refractivity contribution >= 4 is 17.1 Å². The van der Waals surface area contributed by atoms with Gasteiger partial charge in [-0.2, -0.15) is 22.9 Å². The van der Waals surface area contributed by atoms with Gasteiger partial charge in [0.15, 0.2) is 11.5 Å². The fourth-order valence-electron chi connectivity index (χ4n) is 3.21. The molecule has 0 atom stereocenters. The van der Waals surface area contributed by atoms with E-state index in [4.69, 9.17) is 9.47 Å². The molecule has 0 spiro atoms. The third-order valence-electron chi connectivity index (χ3n) is 4.81. The van der Waals surface area contributed by atoms with Crippen molar-refractivity contribution in [3.8, 4) is 17.2 Å². The Morgan fingerprint density at radius 1 is 1.00 bits per heavy atom. The molecule has 0 N–H and O–H groups in total. The van der Waals surface area contributed by atoms with Crippen molar-refractivity contribution in [1.82, 2.24) is 9.66 Å². The van der Waals surface area contributed by atoms with E-state index in [9.17, 15) is 18.0 Å². The number of hydrogen-bond donors (Lipinski definition) is 0. The number of methoxy groups -OCH3 is 1. The molecular weight excluding hydrogens is 435 g/mol. The molecule has 6 nitrogen and oxygen atoms in total. The van der Waals surface area contributed by atoms with E-state index in [-0.39, 0.29) is 22.8 Å². The minimum Gasteiger partial charge on any atom is -0.493 e. The highest BCUT2D eigenvalue weighted by atomic mass is 19.4. The number of aryl methyl sites for hydroxylation is 1. The van der Waals surface area contributed by atoms with Crippen LogP contribution in [0.1, 0.15) is 17.0 Å². The van der Waals surface area contributed by atoms with Gasteiger partial charge in [-0.15, -0.1) is 0 Å². The Labute approximate surface area is 186 Å². The van der Waals surface area contributed by atoms with Gasteiger partial charge in [0.2, 0.25) is 0 Å². The van der Waals surface area contributed by atoms with E-state index in [0.29, 0.717) is 22.3 Å². The summed E-state index contributed by atoms with van der Waals surface area (Å²) >= 11 is 0. The van der Waals surface area contributed by atoms with Crippen LogP contribution >= 0.6 is 0 Å². The summed E-state index contributed by atoms with van der Waals surface area (Å²) < 4.78 is 51.0. The second kappa shape index (κ2) is 8.78. The van der Waals surface area contributed by atoms with Crippen LogP contribution < -0.4 is 15.0 Å². The SMILES string of the molecule is COc1cc(C=Nn2c(C)nc3ccccc3c2=O)ccc1Oc1cccc(C(F)(F)F)c1. The van der Waals surface area contributed by atoms with Crippen molar-refractivity contribution in [2.24, 2.45) is 5.10 Å². The predicted molar refractivity (Wildman–Crippen MR) is 118 cm³/mol. The van der Waals surface area contributed by atoms with E-state index < -0.39 is 11.7 Å². The molecule has 0 unspecified atom stereocenters. The molecule has 4 aromatic rings. The van der Waals surface area contributed by atoms with Crippen LogP contribution in [0.4, 0.5) is 13.2 Å². The minimum atomic E-state index is -4.47. The first-order valence-corrected chi connectivity index (χ1v) is 9.82. The smallest absolute Gasteiger partial charge is 0.416 e. The Balaban J connectivity index is 1.62. The fraction of sp³-hybridized carbons (Fsp3) is 0.125. The highest BCUT2D eigenvalue weighted by Gasteiger charge is 2.30. The molecule has 0 amide bonds. The summed E-state index contributed by atoms with van der Waals surface area (Å²) in [6, 6.07) is 16.4. The molecule has 0 aliphatic rings. The molecule has 0 aliphatic carbocycles. The van der Waals surface area contributed by atoms with Crippen LogP contribution in [0.2, 0.25) is 0 Å². The molecule has 9 heteroatoms. The number of hydrogen-bond acceptors (Lipinski definition) is 5. The topological polar surface area (TPSA) is 65.7 Å². The molecule has 168 valence electrons. The third kappa shape index (κ3) is 4.72. The highest BCUT2D eigenvalue weighted by molar-refractivity contribution is 5.81. The van der Waals surface area contributed by atoms with Crippen LogP contribution in [0, 0.1) is 6.92 Å². The van der Waals surface area contributed by atoms with Crippen molar-refractivity contribution in [3.63, 3.8) is 0 Å². The Bertz CT molecular complexity index is 1410. The van der Waals surface area contributed by atoms with Gasteiger partial charge in [0.25, 0.3) is 5.56 Å². The Morgan fingerprint density at radius 2 is 1.79 bits per heavy atom. The predicted octanol–water partition coefficient (Wildman–Crippen LogP) is 5.41. The summed E-state index contributed by atoms with van der Waals surface area (Å²) in [5.41, 5.74) is 0.0604. The fourth-order valence-corrected chi connectivity index (χ4v) is 3.21. The molecule has 0 saturated heterocycles. The highest BCUT2D eigenvalue weighted by Crippen LogP contribution is 2.35. The van der Waals surface area contributed by atoms with Gasteiger partial charge < -0.3 is 9.47 Å². The first-order chi connectivity index (χ1) is 15.8. The van der Waals surface area contributed by atoms with Crippen LogP contribution in [0.15, 0.2) is 76.6 Å². The molecule has 0 fully saturated rings. The monoisotopic (exact) mass is 453 g/mol. The number of para-hydroxylation sites is 1. The Morgan fingerprint density at radius 3 is 2.55 bits per heavy atom. The zero-order valence-corrected chi connectivity index (χ0v) is 17.6. The summed E-state index contributed by atoms with van der Waals surface area (Å²) in [6.07, 6.45) is -3.01. The number of aromatic nitrogens is 2. The summed E-state index contributed by atoms with van der Waals surface area (Å²) in [7, 11) is 1.41. The molecule has 3 aromatic carbocycles. The van der Waals surface area contributed by atoms with Crippen molar-refractivity contribution in [2.75, 3.05) is 7.11 Å². The van der Waals surface area contributed by atoms with Gasteiger partial charge in [-0.25, -0.2) is 4.98 Å². The zero-order chi connectivity index (χ0) is 23.6. The van der Waals surface area contributed by atoms with Gasteiger partial charge in [0, 0.05) is 0 Å². The maximum absolute atomic E-state index is 12.9. The number of fused-ring (bicyclic) bond motifs is 1. The van der Waals surface area contributed by atoms with E-state index in [0.717, 1.165) is 12.1 Å². The standard InChI is InChI=1S/C24H18F3N3O3/c1-15-29-20-9-4-3-8-19(20)23(31)30(15)28-14-16-10-11-21(22(12-16)32-2)33-18-7-5-6-17(13-18)24(25,26)27/h3-14H,1-2H3. The largest absolute Gasteiger partial charge is 0.493 e. The van der Waals surface area contributed by atoms with Crippen LogP contribution in [0.25, 0.3) is 10.9 Å². The van der Waals surface area contributed by atoms with E-state index >= 15 is 0 Å². The van der Waals surface area contributed by atoms with Gasteiger partial charge in [-0.05, 0) is 61.0 Å². The van der Waals surface area contributed by atoms with Crippen LogP contribution in [-0.2, 0) is 6.18 Å². The lowest BCUT2D eigenvalue weighted by Gasteiger charge is -2.13. The first-order valence-electron chi connectivity index (χ1n) is 9.82. The summed E-state index contributed by atoms with van der Waals surface area (Å²) in [6.45, 7) is 1.68. The van der Waals surface area contributed by atoms with Crippen molar-refractivity contribution in [3.05, 3.63) is 94.0 Å². The maximum Gasteiger partial charge on any atom is 0.416 e. The zero-order valence-electron chi connectivity index (χ0n) is 17.6. The van der Waals surface area contributed by atoms with Crippen LogP contribution in [0.3, 0.4) is 0 Å². The van der Waals surface area contributed by atoms with Crippen molar-refractivity contribution in [2.45, 2.75) is 13.1 Å². The lowest BCUT2D eigenvalue weighted by molar-refractivity contribution is -0.137. The number of rotatable bonds is 5. The van der Waals surface area contributed by atoms with Gasteiger partial charge in [0.05, 0.1) is 29.8 Å². The number of nitrogens with zero attached hydrogens (tertiary/aromatic N) is 3. The molecule has 0 radical (unpaired) electrons. The molecule has 0 aliphatic heterocycles. The number of benzene rings is 3. The lowest BCUT2D eigenvalue weighted by atomic mass is 10.2. The molecule has 1 heterocycles. The molecule has 1 aromatic heterocycles. The second-order valence-electron chi connectivity index (χ2n) is 7.08. The molecule has 0 bridgehead atoms. The van der Waals surface area contributed by atoms with Gasteiger partial charge >= 0.3 is 6.18 Å². The van der Waals surface area contributed by atoms with Gasteiger partial charge in [0.1, 0.15) is 11.6 Å². The summed E-state index contributed by atoms with van der Waals surface area (Å²) in [5.74, 6) is 0.965. The molecular formula is C24H18F3N3O3. The van der Waals surface area contributed by atoms with E-state index in [2.05, 4.69) is 10.1 Å². The number of ether oxygens (including phenoxy) is 2. The average molecular weight is 453 g/mol. The van der Waals surface area contributed by atoms with Crippen molar-refractivity contribution in [1.29, 1.82) is 0 Å². The number of alkyl halides is 3. The Kier molecular flexibility index (Phi) is 5.87. The van der Waals surface area contributed by atoms with Crippen LogP contribution in [-0.4, -0.2) is 23.0 Å². The average Bonchev–Trinajstić information content (AvgIpc) is 2.79. The maximum atomic E-state index is 12.9. The lowest BCUT2D eigenvalue weighted by Crippen LogP contribution is -2.20. The Hall–Kier alpha value is -4.14. The van der Waals surface area contributed by atoms with Crippen molar-refractivity contribution < 1.29 is 22.6 Å². The molecule has 4 rings (SSSR count). The second-order valence-corrected chi connectivity index (χ2v) is 7.08. The van der Waals surface area contributed by atoms with E-state index in [1.165, 1.54) is 30.1 Å². The molecule has 33 heavy (non-hydrogen) atoms. The van der Waals surface area contributed by atoms with Gasteiger partial charge in [-0.3, -0.25) is 4.79 Å². The molecule has 0 saturated carbocycles. The normalized spacial score (nSPS) is 11.8. The van der Waals surface area contributed by atoms with Crippen LogP contribution in [0.5, 0.6) is 17.2 Å². The minimum absolute atomic E-state index is 0.0222. The first kappa shape index (κ1) is 22.1. The third-order valence-corrected chi connectivity index (χ3v) is 4.81. The van der Waals surface area contributed by atoms with E-state index in [1.807, 2.05) is 0 Å². The number of halogens is 3.